The molecule has 0 aliphatic rings. The molecule has 0 unspecified atom stereocenters. The Morgan fingerprint density at radius 2 is 0.524 bits per heavy atom. The zero-order valence-corrected chi connectivity index (χ0v) is 11.3. The molecule has 0 aromatic carbocycles. The third kappa shape index (κ3) is 626. The average Bonchev–Trinajstić information content (AvgIpc) is 1.76. The molecule has 0 atom stereocenters. The van der Waals surface area contributed by atoms with Gasteiger partial charge in [-0.15, -0.1) is 0 Å². The first-order valence-electron chi connectivity index (χ1n) is 2.55. The van der Waals surface area contributed by atoms with Crippen LogP contribution in [0.4, 0.5) is 19.2 Å². The molecule has 134 valence electrons. The van der Waals surface area contributed by atoms with E-state index in [1.165, 1.54) is 0 Å². The van der Waals surface area contributed by atoms with Crippen molar-refractivity contribution in [1.29, 1.82) is 0 Å². The third-order valence-corrected chi connectivity index (χ3v) is 0. The number of carboxylic acid groups (broad SMARTS) is 8. The monoisotopic (exact) mass is 372 g/mol. The van der Waals surface area contributed by atoms with Gasteiger partial charge in [-0.1, -0.05) is 0 Å². The first kappa shape index (κ1) is 63.0. The van der Waals surface area contributed by atoms with Gasteiger partial charge < -0.3 is 79.8 Å². The Morgan fingerprint density at radius 1 is 0.524 bits per heavy atom. The molecule has 0 fully saturated rings. The van der Waals surface area contributed by atoms with Crippen molar-refractivity contribution in [3.05, 3.63) is 0 Å². The maximum Gasteiger partial charge on any atom is 3.00 e. The van der Waals surface area contributed by atoms with Crippen molar-refractivity contribution >= 4 is 24.6 Å². The van der Waals surface area contributed by atoms with Gasteiger partial charge in [0, 0.05) is 0 Å². The van der Waals surface area contributed by atoms with Crippen molar-refractivity contribution in [2.75, 3.05) is 0 Å². The summed E-state index contributed by atoms with van der Waals surface area (Å²) in [7, 11) is 0. The quantitative estimate of drug-likeness (QED) is 0.212. The zero-order valence-electron chi connectivity index (χ0n) is 10.3. The Kier molecular flexibility index (Phi) is 159. The van der Waals surface area contributed by atoms with Gasteiger partial charge in [-0.2, -0.15) is 0 Å². The van der Waals surface area contributed by atoms with Crippen molar-refractivity contribution in [2.45, 2.75) is 0 Å². The summed E-state index contributed by atoms with van der Waals surface area (Å²) in [5, 5.41) is 59.9. The molecular formula is C4H17CoN4O12. The van der Waals surface area contributed by atoms with E-state index in [1.807, 2.05) is 0 Å². The van der Waals surface area contributed by atoms with E-state index in [-0.39, 0.29) is 41.4 Å². The van der Waals surface area contributed by atoms with E-state index in [2.05, 4.69) is 0 Å². The predicted octanol–water partition coefficient (Wildman–Crippen LogP) is -2.47. The summed E-state index contributed by atoms with van der Waals surface area (Å²) in [6, 6.07) is 0. The van der Waals surface area contributed by atoms with Crippen molar-refractivity contribution < 1.29 is 76.8 Å². The molecule has 16 nitrogen and oxygen atoms in total. The van der Waals surface area contributed by atoms with Gasteiger partial charge in [0.2, 0.25) is 18.5 Å². The second kappa shape index (κ2) is 52.9. The van der Waals surface area contributed by atoms with Crippen LogP contribution in [0.5, 0.6) is 0 Å². The van der Waals surface area contributed by atoms with Crippen LogP contribution in [0.15, 0.2) is 0 Å². The predicted molar refractivity (Wildman–Crippen MR) is 54.8 cm³/mol. The molecule has 0 radical (unpaired) electrons. The Bertz CT molecular complexity index is 173. The molecule has 0 saturated carbocycles. The van der Waals surface area contributed by atoms with E-state index in [1.54, 1.807) is 0 Å². The number of hydrogen-bond acceptors (Lipinski definition) is 11. The zero-order chi connectivity index (χ0) is 14.3. The van der Waals surface area contributed by atoms with Crippen LogP contribution in [0.1, 0.15) is 0 Å². The van der Waals surface area contributed by atoms with E-state index in [4.69, 9.17) is 60.0 Å². The maximum absolute atomic E-state index is 8.56. The molecule has 17 heteroatoms. The molecule has 0 heterocycles. The fourth-order valence-electron chi connectivity index (χ4n) is 0. The SMILES string of the molecule is N.N.N.N.O=C(O)O.O=C([O-])O.O=C([O-])O.O=C([O-])O.[Co+3]. The minimum Gasteiger partial charge on any atom is -0.565 e. The van der Waals surface area contributed by atoms with Crippen molar-refractivity contribution in [3.8, 4) is 0 Å². The van der Waals surface area contributed by atoms with Crippen LogP contribution >= 0.6 is 0 Å². The molecule has 21 heavy (non-hydrogen) atoms. The second-order valence-corrected chi connectivity index (χ2v) is 1.08. The number of carbonyl (C=O) groups is 4. The van der Waals surface area contributed by atoms with Crippen LogP contribution in [0.2, 0.25) is 0 Å². The summed E-state index contributed by atoms with van der Waals surface area (Å²) in [5.74, 6) is 0. The summed E-state index contributed by atoms with van der Waals surface area (Å²) in [5.41, 5.74) is 0. The van der Waals surface area contributed by atoms with E-state index < -0.39 is 24.6 Å². The van der Waals surface area contributed by atoms with Gasteiger partial charge in [0.05, 0.1) is 0 Å². The van der Waals surface area contributed by atoms with Crippen LogP contribution in [0.25, 0.3) is 0 Å². The molecule has 0 aliphatic carbocycles. The van der Waals surface area contributed by atoms with Crippen molar-refractivity contribution in [2.24, 2.45) is 0 Å². The maximum atomic E-state index is 8.56. The molecular weight excluding hydrogens is 355 g/mol. The van der Waals surface area contributed by atoms with Gasteiger partial charge >= 0.3 is 22.9 Å². The van der Waals surface area contributed by atoms with E-state index >= 15 is 0 Å². The van der Waals surface area contributed by atoms with Crippen LogP contribution in [-0.2, 0) is 16.8 Å². The fourth-order valence-corrected chi connectivity index (χ4v) is 0. The van der Waals surface area contributed by atoms with Crippen molar-refractivity contribution in [3.63, 3.8) is 0 Å². The van der Waals surface area contributed by atoms with Gasteiger partial charge in [-0.05, 0) is 0 Å². The molecule has 0 saturated heterocycles. The van der Waals surface area contributed by atoms with Crippen LogP contribution in [0.3, 0.4) is 0 Å². The average molecular weight is 372 g/mol. The van der Waals surface area contributed by atoms with Gasteiger partial charge in [0.25, 0.3) is 0 Å². The first-order chi connectivity index (χ1) is 6.93. The Hall–Kier alpha value is -2.57. The Labute approximate surface area is 127 Å². The first-order valence-corrected chi connectivity index (χ1v) is 2.55. The molecule has 0 aromatic heterocycles. The molecule has 0 aromatic rings. The fraction of sp³-hybridized carbons (Fsp3) is 0. The molecule has 0 bridgehead atoms. The topological polar surface area (TPSA) is 379 Å². The molecule has 17 N–H and O–H groups in total. The van der Waals surface area contributed by atoms with E-state index in [9.17, 15) is 0 Å². The van der Waals surface area contributed by atoms with Gasteiger partial charge in [0.1, 0.15) is 0 Å². The second-order valence-electron chi connectivity index (χ2n) is 1.08. The van der Waals surface area contributed by atoms with Crippen molar-refractivity contribution in [1.82, 2.24) is 24.6 Å². The van der Waals surface area contributed by atoms with Gasteiger partial charge in [-0.25, -0.2) is 4.79 Å². The van der Waals surface area contributed by atoms with E-state index in [0.29, 0.717) is 0 Å². The largest absolute Gasteiger partial charge is 3.00 e. The van der Waals surface area contributed by atoms with Gasteiger partial charge in [0.15, 0.2) is 0 Å². The van der Waals surface area contributed by atoms with E-state index in [0.717, 1.165) is 0 Å². The van der Waals surface area contributed by atoms with Crippen LogP contribution in [0, 0.1) is 0 Å². The summed E-state index contributed by atoms with van der Waals surface area (Å²) in [6.07, 6.45) is -8.08. The number of rotatable bonds is 0. The molecule has 0 aliphatic heterocycles. The summed E-state index contributed by atoms with van der Waals surface area (Å²) in [4.78, 5) is 33.9. The summed E-state index contributed by atoms with van der Waals surface area (Å²) in [6.45, 7) is 0. The molecule has 0 spiro atoms. The van der Waals surface area contributed by atoms with Crippen LogP contribution in [-0.4, -0.2) is 50.2 Å². The molecule has 0 amide bonds. The standard InChI is InChI=1S/4CH2O3.Co.4H3N/c4*2-1(3)4;;;;;/h4*(H2,2,3,4);;4*1H3/q;;;;+3;;;;/p-3. The molecule has 0 rings (SSSR count). The van der Waals surface area contributed by atoms with Crippen LogP contribution < -0.4 is 39.9 Å². The minimum absolute atomic E-state index is 0. The van der Waals surface area contributed by atoms with Gasteiger partial charge in [-0.3, -0.25) is 0 Å². The summed E-state index contributed by atoms with van der Waals surface area (Å²) < 4.78 is 0. The normalized spacial score (nSPS) is 4.57. The summed E-state index contributed by atoms with van der Waals surface area (Å²) >= 11 is 0. The Balaban J connectivity index is -0.0000000121. The number of hydrogen-bond donors (Lipinski definition) is 9. The Morgan fingerprint density at radius 3 is 0.524 bits per heavy atom. The smallest absolute Gasteiger partial charge is 0.565 e. The minimum atomic E-state index is -2.08. The third-order valence-electron chi connectivity index (χ3n) is 0.